The lowest BCUT2D eigenvalue weighted by molar-refractivity contribution is -0.122. The zero-order chi connectivity index (χ0) is 13.0. The van der Waals surface area contributed by atoms with Gasteiger partial charge in [0.15, 0.2) is 5.78 Å². The lowest BCUT2D eigenvalue weighted by Crippen LogP contribution is -2.31. The summed E-state index contributed by atoms with van der Waals surface area (Å²) in [5, 5.41) is 0. The van der Waals surface area contributed by atoms with Crippen molar-refractivity contribution in [3.8, 4) is 0 Å². The fourth-order valence-electron chi connectivity index (χ4n) is 2.59. The predicted octanol–water partition coefficient (Wildman–Crippen LogP) is 3.41. The second-order valence-electron chi connectivity index (χ2n) is 5.14. The number of hydrogen-bond acceptors (Lipinski definition) is 2. The smallest absolute Gasteiger partial charge is 0.155 e. The first-order valence-corrected chi connectivity index (χ1v) is 6.66. The van der Waals surface area contributed by atoms with Gasteiger partial charge in [-0.3, -0.25) is 4.79 Å². The summed E-state index contributed by atoms with van der Waals surface area (Å²) in [6.45, 7) is 0.383. The molecule has 2 nitrogen and oxygen atoms in total. The molecule has 0 amide bonds. The largest absolute Gasteiger partial charge is 0.367 e. The Kier molecular flexibility index (Phi) is 4.34. The van der Waals surface area contributed by atoms with E-state index in [1.165, 1.54) is 31.4 Å². The molecule has 0 spiro atoms. The summed E-state index contributed by atoms with van der Waals surface area (Å²) in [5.74, 6) is 0.251. The van der Waals surface area contributed by atoms with Crippen molar-refractivity contribution in [1.82, 2.24) is 0 Å². The number of hydrogen-bond donors (Lipinski definition) is 0. The van der Waals surface area contributed by atoms with Crippen molar-refractivity contribution in [3.63, 3.8) is 0 Å². The van der Waals surface area contributed by atoms with E-state index in [4.69, 9.17) is 0 Å². The minimum atomic E-state index is -0.260. The Hall–Kier alpha value is -1.38. The average Bonchev–Trinajstić information content (AvgIpc) is 2.39. The maximum Gasteiger partial charge on any atom is 0.155 e. The van der Waals surface area contributed by atoms with E-state index in [0.717, 1.165) is 18.5 Å². The van der Waals surface area contributed by atoms with Gasteiger partial charge in [-0.25, -0.2) is 4.39 Å². The number of anilines is 1. The van der Waals surface area contributed by atoms with E-state index in [-0.39, 0.29) is 11.7 Å². The monoisotopic (exact) mass is 249 g/mol. The highest BCUT2D eigenvalue weighted by Crippen LogP contribution is 2.25. The van der Waals surface area contributed by atoms with Crippen LogP contribution in [0.15, 0.2) is 24.3 Å². The molecule has 0 radical (unpaired) electrons. The highest BCUT2D eigenvalue weighted by molar-refractivity contribution is 5.85. The van der Waals surface area contributed by atoms with Gasteiger partial charge in [-0.15, -0.1) is 0 Å². The molecule has 2 rings (SSSR count). The highest BCUT2D eigenvalue weighted by Gasteiger charge is 2.22. The van der Waals surface area contributed by atoms with Crippen molar-refractivity contribution in [2.75, 3.05) is 18.5 Å². The summed E-state index contributed by atoms with van der Waals surface area (Å²) in [4.78, 5) is 14.0. The number of nitrogens with zero attached hydrogens (tertiary/aromatic N) is 1. The van der Waals surface area contributed by atoms with Crippen molar-refractivity contribution in [3.05, 3.63) is 30.1 Å². The van der Waals surface area contributed by atoms with Gasteiger partial charge >= 0.3 is 0 Å². The molecule has 0 N–H and O–H groups in total. The van der Waals surface area contributed by atoms with Gasteiger partial charge in [-0.05, 0) is 31.0 Å². The van der Waals surface area contributed by atoms with Crippen LogP contribution in [0.2, 0.25) is 0 Å². The zero-order valence-corrected chi connectivity index (χ0v) is 10.9. The number of likely N-dealkylation sites (N-methyl/N-ethyl adjacent to an activating group) is 1. The molecule has 0 atom stereocenters. The van der Waals surface area contributed by atoms with Crippen LogP contribution < -0.4 is 4.90 Å². The van der Waals surface area contributed by atoms with Gasteiger partial charge in [-0.2, -0.15) is 0 Å². The van der Waals surface area contributed by atoms with Gasteiger partial charge in [0, 0.05) is 18.7 Å². The molecule has 0 aliphatic heterocycles. The highest BCUT2D eigenvalue weighted by atomic mass is 19.1. The Labute approximate surface area is 108 Å². The molecule has 18 heavy (non-hydrogen) atoms. The fourth-order valence-corrected chi connectivity index (χ4v) is 2.59. The lowest BCUT2D eigenvalue weighted by Gasteiger charge is -2.24. The number of ketones is 1. The molecule has 1 aliphatic carbocycles. The van der Waals surface area contributed by atoms with Crippen molar-refractivity contribution in [2.45, 2.75) is 32.1 Å². The Morgan fingerprint density at radius 1 is 1.33 bits per heavy atom. The first kappa shape index (κ1) is 13.1. The SMILES string of the molecule is CN(CC(=O)C1CCCCC1)c1cccc(F)c1. The van der Waals surface area contributed by atoms with Crippen LogP contribution in [-0.4, -0.2) is 19.4 Å². The number of Topliss-reactive ketones (excluding diaryl/α,β-unsaturated/α-hetero) is 1. The molecule has 98 valence electrons. The van der Waals surface area contributed by atoms with Crippen LogP contribution in [0.5, 0.6) is 0 Å². The average molecular weight is 249 g/mol. The molecule has 0 saturated heterocycles. The van der Waals surface area contributed by atoms with Crippen molar-refractivity contribution >= 4 is 11.5 Å². The van der Waals surface area contributed by atoms with Crippen molar-refractivity contribution in [1.29, 1.82) is 0 Å². The van der Waals surface area contributed by atoms with Crippen LogP contribution in [-0.2, 0) is 4.79 Å². The normalized spacial score (nSPS) is 16.6. The standard InChI is InChI=1S/C15H20FNO/c1-17(14-9-5-8-13(16)10-14)11-15(18)12-6-3-2-4-7-12/h5,8-10,12H,2-4,6-7,11H2,1H3. The molecular weight excluding hydrogens is 229 g/mol. The van der Waals surface area contributed by atoms with Gasteiger partial charge in [-0.1, -0.05) is 25.3 Å². The molecule has 0 aromatic heterocycles. The number of benzene rings is 1. The molecule has 1 fully saturated rings. The van der Waals surface area contributed by atoms with Crippen molar-refractivity contribution in [2.24, 2.45) is 5.92 Å². The van der Waals surface area contributed by atoms with Gasteiger partial charge in [0.1, 0.15) is 5.82 Å². The number of carbonyl (C=O) groups is 1. The summed E-state index contributed by atoms with van der Waals surface area (Å²) in [5.41, 5.74) is 0.763. The molecule has 0 heterocycles. The Balaban J connectivity index is 1.94. The minimum Gasteiger partial charge on any atom is -0.367 e. The van der Waals surface area contributed by atoms with E-state index in [2.05, 4.69) is 0 Å². The number of halogens is 1. The van der Waals surface area contributed by atoms with Crippen LogP contribution >= 0.6 is 0 Å². The second-order valence-corrected chi connectivity index (χ2v) is 5.14. The third-order valence-corrected chi connectivity index (χ3v) is 3.70. The maximum atomic E-state index is 13.1. The quantitative estimate of drug-likeness (QED) is 0.815. The Morgan fingerprint density at radius 3 is 2.72 bits per heavy atom. The lowest BCUT2D eigenvalue weighted by atomic mass is 9.86. The van der Waals surface area contributed by atoms with Crippen LogP contribution in [0.25, 0.3) is 0 Å². The molecular formula is C15H20FNO. The number of rotatable bonds is 4. The summed E-state index contributed by atoms with van der Waals surface area (Å²) < 4.78 is 13.1. The van der Waals surface area contributed by atoms with Gasteiger partial charge in [0.2, 0.25) is 0 Å². The molecule has 0 bridgehead atoms. The summed E-state index contributed by atoms with van der Waals surface area (Å²) in [7, 11) is 1.84. The van der Waals surface area contributed by atoms with Gasteiger partial charge in [0.05, 0.1) is 6.54 Å². The van der Waals surface area contributed by atoms with E-state index in [1.54, 1.807) is 6.07 Å². The maximum absolute atomic E-state index is 13.1. The van der Waals surface area contributed by atoms with Crippen LogP contribution in [0.3, 0.4) is 0 Å². The summed E-state index contributed by atoms with van der Waals surface area (Å²) in [6.07, 6.45) is 5.63. The fraction of sp³-hybridized carbons (Fsp3) is 0.533. The topological polar surface area (TPSA) is 20.3 Å². The molecule has 1 aliphatic rings. The van der Waals surface area contributed by atoms with Gasteiger partial charge < -0.3 is 4.90 Å². The molecule has 1 saturated carbocycles. The minimum absolute atomic E-state index is 0.217. The van der Waals surface area contributed by atoms with E-state index in [9.17, 15) is 9.18 Å². The molecule has 0 unspecified atom stereocenters. The summed E-state index contributed by atoms with van der Waals surface area (Å²) >= 11 is 0. The first-order chi connectivity index (χ1) is 8.66. The predicted molar refractivity (Wildman–Crippen MR) is 71.3 cm³/mol. The van der Waals surface area contributed by atoms with Crippen LogP contribution in [0.4, 0.5) is 10.1 Å². The van der Waals surface area contributed by atoms with E-state index in [0.29, 0.717) is 12.3 Å². The molecule has 3 heteroatoms. The van der Waals surface area contributed by atoms with Gasteiger partial charge in [0.25, 0.3) is 0 Å². The van der Waals surface area contributed by atoms with E-state index >= 15 is 0 Å². The van der Waals surface area contributed by atoms with Crippen LogP contribution in [0.1, 0.15) is 32.1 Å². The van der Waals surface area contributed by atoms with E-state index < -0.39 is 0 Å². The molecule has 1 aromatic rings. The number of carbonyl (C=O) groups excluding carboxylic acids is 1. The Morgan fingerprint density at radius 2 is 2.06 bits per heavy atom. The summed E-state index contributed by atoms with van der Waals surface area (Å²) in [6, 6.07) is 6.39. The third-order valence-electron chi connectivity index (χ3n) is 3.70. The van der Waals surface area contributed by atoms with Crippen LogP contribution in [0, 0.1) is 11.7 Å². The zero-order valence-electron chi connectivity index (χ0n) is 10.9. The third kappa shape index (κ3) is 3.31. The second kappa shape index (κ2) is 5.98. The molecule has 1 aromatic carbocycles. The van der Waals surface area contributed by atoms with E-state index in [1.807, 2.05) is 18.0 Å². The Bertz CT molecular complexity index is 413. The van der Waals surface area contributed by atoms with Crippen molar-refractivity contribution < 1.29 is 9.18 Å². The first-order valence-electron chi connectivity index (χ1n) is 6.66.